The maximum Gasteiger partial charge on any atom is 0.417 e. The molecule has 0 amide bonds. The summed E-state index contributed by atoms with van der Waals surface area (Å²) < 4.78 is 56.7. The Kier molecular flexibility index (Phi) is 7.48. The van der Waals surface area contributed by atoms with Gasteiger partial charge in [-0.25, -0.2) is 19.0 Å². The van der Waals surface area contributed by atoms with Crippen molar-refractivity contribution in [1.82, 2.24) is 24.7 Å². The average molecular weight is 591 g/mol. The predicted octanol–water partition coefficient (Wildman–Crippen LogP) is 8.13. The maximum atomic E-state index is 15.1. The summed E-state index contributed by atoms with van der Waals surface area (Å²) in [4.78, 5) is 13.5. The number of hydrogen-bond acceptors (Lipinski definition) is 4. The zero-order valence-electron chi connectivity index (χ0n) is 24.7. The monoisotopic (exact) mass is 590 g/mol. The quantitative estimate of drug-likeness (QED) is 0.195. The van der Waals surface area contributed by atoms with E-state index in [1.807, 2.05) is 23.7 Å². The number of alkyl halides is 3. The maximum absolute atomic E-state index is 15.1. The van der Waals surface area contributed by atoms with Gasteiger partial charge in [-0.05, 0) is 61.9 Å². The van der Waals surface area contributed by atoms with E-state index in [2.05, 4.69) is 60.0 Å². The third kappa shape index (κ3) is 5.50. The predicted molar refractivity (Wildman–Crippen MR) is 160 cm³/mol. The normalized spacial score (nSPS) is 14.4. The molecule has 0 saturated heterocycles. The topological polar surface area (TPSA) is 62.6 Å². The van der Waals surface area contributed by atoms with Gasteiger partial charge in [0, 0.05) is 36.8 Å². The number of halogens is 4. The van der Waals surface area contributed by atoms with Gasteiger partial charge in [-0.1, -0.05) is 44.5 Å². The molecule has 0 saturated carbocycles. The summed E-state index contributed by atoms with van der Waals surface area (Å²) in [6.45, 7) is 9.10. The standard InChI is InChI=1S/C33H34F4N6/c1-5-19(2)9-10-22-8-6-7-20(3)30(22)43-31(23-11-12-28-29(15-23)40-21(4)39-28)25-18-42(14-13-27(25)41-43)32-26(34)16-24(17-38-32)33(35,36)37/h6-8,11-12,15-17,19H,5,9-10,13-14,18H2,1-4H3,(H,39,40). The smallest absolute Gasteiger partial charge is 0.349 e. The number of pyridine rings is 1. The lowest BCUT2D eigenvalue weighted by atomic mass is 9.96. The Bertz CT molecular complexity index is 1800. The van der Waals surface area contributed by atoms with E-state index in [0.717, 1.165) is 69.9 Å². The first kappa shape index (κ1) is 28.9. The van der Waals surface area contributed by atoms with Gasteiger partial charge < -0.3 is 9.88 Å². The minimum Gasteiger partial charge on any atom is -0.349 e. The molecule has 0 fully saturated rings. The third-order valence-corrected chi connectivity index (χ3v) is 8.49. The first-order valence-corrected chi connectivity index (χ1v) is 14.7. The number of para-hydroxylation sites is 1. The molecule has 1 atom stereocenters. The zero-order chi connectivity index (χ0) is 30.5. The van der Waals surface area contributed by atoms with Crippen molar-refractivity contribution in [2.24, 2.45) is 5.92 Å². The van der Waals surface area contributed by atoms with Gasteiger partial charge in [0.1, 0.15) is 5.82 Å². The number of nitrogens with one attached hydrogen (secondary N) is 1. The van der Waals surface area contributed by atoms with Crippen molar-refractivity contribution in [3.8, 4) is 16.9 Å². The lowest BCUT2D eigenvalue weighted by molar-refractivity contribution is -0.138. The van der Waals surface area contributed by atoms with Crippen molar-refractivity contribution in [2.45, 2.75) is 66.1 Å². The highest BCUT2D eigenvalue weighted by Gasteiger charge is 2.34. The van der Waals surface area contributed by atoms with E-state index in [1.165, 1.54) is 5.56 Å². The second kappa shape index (κ2) is 11.1. The van der Waals surface area contributed by atoms with Gasteiger partial charge in [0.05, 0.1) is 33.7 Å². The Morgan fingerprint density at radius 3 is 2.65 bits per heavy atom. The van der Waals surface area contributed by atoms with Crippen molar-refractivity contribution in [3.05, 3.63) is 88.3 Å². The van der Waals surface area contributed by atoms with Gasteiger partial charge in [-0.2, -0.15) is 18.3 Å². The third-order valence-electron chi connectivity index (χ3n) is 8.49. The van der Waals surface area contributed by atoms with Crippen LogP contribution in [0.5, 0.6) is 0 Å². The largest absolute Gasteiger partial charge is 0.417 e. The Morgan fingerprint density at radius 1 is 1.09 bits per heavy atom. The van der Waals surface area contributed by atoms with E-state index in [0.29, 0.717) is 31.1 Å². The van der Waals surface area contributed by atoms with Crippen molar-refractivity contribution in [3.63, 3.8) is 0 Å². The molecule has 10 heteroatoms. The Morgan fingerprint density at radius 2 is 1.91 bits per heavy atom. The number of rotatable bonds is 7. The van der Waals surface area contributed by atoms with Crippen molar-refractivity contribution in [2.75, 3.05) is 11.4 Å². The number of aromatic amines is 1. The van der Waals surface area contributed by atoms with Crippen molar-refractivity contribution < 1.29 is 17.6 Å². The molecule has 6 nitrogen and oxygen atoms in total. The van der Waals surface area contributed by atoms with E-state index in [-0.39, 0.29) is 12.4 Å². The molecule has 5 aromatic rings. The van der Waals surface area contributed by atoms with Gasteiger partial charge in [0.25, 0.3) is 0 Å². The molecule has 2 aromatic carbocycles. The number of hydrogen-bond donors (Lipinski definition) is 1. The zero-order valence-corrected chi connectivity index (χ0v) is 24.7. The summed E-state index contributed by atoms with van der Waals surface area (Å²) in [5.41, 5.74) is 7.54. The summed E-state index contributed by atoms with van der Waals surface area (Å²) in [5, 5.41) is 5.15. The number of nitrogens with zero attached hydrogens (tertiary/aromatic N) is 5. The van der Waals surface area contributed by atoms with E-state index in [4.69, 9.17) is 5.10 Å². The lowest BCUT2D eigenvalue weighted by Gasteiger charge is -2.28. The van der Waals surface area contributed by atoms with Crippen LogP contribution >= 0.6 is 0 Å². The van der Waals surface area contributed by atoms with Crippen LogP contribution in [-0.2, 0) is 25.6 Å². The summed E-state index contributed by atoms with van der Waals surface area (Å²) in [6.07, 6.45) is -0.409. The molecule has 6 rings (SSSR count). The Labute approximate surface area is 247 Å². The summed E-state index contributed by atoms with van der Waals surface area (Å²) in [7, 11) is 0. The van der Waals surface area contributed by atoms with Crippen LogP contribution in [0.2, 0.25) is 0 Å². The lowest BCUT2D eigenvalue weighted by Crippen LogP contribution is -2.32. The van der Waals surface area contributed by atoms with Gasteiger partial charge >= 0.3 is 6.18 Å². The van der Waals surface area contributed by atoms with Gasteiger partial charge in [0.15, 0.2) is 11.6 Å². The first-order chi connectivity index (χ1) is 20.5. The molecule has 0 aliphatic carbocycles. The highest BCUT2D eigenvalue weighted by molar-refractivity contribution is 5.83. The number of aromatic nitrogens is 5. The summed E-state index contributed by atoms with van der Waals surface area (Å²) >= 11 is 0. The highest BCUT2D eigenvalue weighted by Crippen LogP contribution is 2.38. The fourth-order valence-corrected chi connectivity index (χ4v) is 5.95. The number of anilines is 1. The minimum absolute atomic E-state index is 0.0953. The average Bonchev–Trinajstić information content (AvgIpc) is 3.53. The Balaban J connectivity index is 1.50. The molecule has 1 aliphatic rings. The molecule has 43 heavy (non-hydrogen) atoms. The van der Waals surface area contributed by atoms with Crippen molar-refractivity contribution >= 4 is 16.9 Å². The van der Waals surface area contributed by atoms with E-state index >= 15 is 4.39 Å². The van der Waals surface area contributed by atoms with Gasteiger partial charge in [-0.3, -0.25) is 0 Å². The van der Waals surface area contributed by atoms with Gasteiger partial charge in [0.2, 0.25) is 0 Å². The van der Waals surface area contributed by atoms with Crippen LogP contribution in [-0.4, -0.2) is 31.3 Å². The molecular weight excluding hydrogens is 556 g/mol. The molecular formula is C33H34F4N6. The molecule has 0 spiro atoms. The van der Waals surface area contributed by atoms with Crippen molar-refractivity contribution in [1.29, 1.82) is 0 Å². The molecule has 224 valence electrons. The van der Waals surface area contributed by atoms with Crippen LogP contribution in [0.4, 0.5) is 23.4 Å². The van der Waals surface area contributed by atoms with Crippen LogP contribution in [0.25, 0.3) is 28.0 Å². The molecule has 4 heterocycles. The van der Waals surface area contributed by atoms with E-state index < -0.39 is 17.6 Å². The van der Waals surface area contributed by atoms with Crippen LogP contribution < -0.4 is 4.90 Å². The molecule has 1 unspecified atom stereocenters. The number of benzene rings is 2. The molecule has 1 aliphatic heterocycles. The van der Waals surface area contributed by atoms with E-state index in [9.17, 15) is 13.2 Å². The number of fused-ring (bicyclic) bond motifs is 2. The molecule has 1 N–H and O–H groups in total. The van der Waals surface area contributed by atoms with Crippen LogP contribution in [0.15, 0.2) is 48.7 Å². The fraction of sp³-hybridized carbons (Fsp3) is 0.364. The van der Waals surface area contributed by atoms with Crippen LogP contribution in [0.3, 0.4) is 0 Å². The minimum atomic E-state index is -4.67. The SMILES string of the molecule is CCC(C)CCc1cccc(C)c1-n1nc2c(c1-c1ccc3nc(C)[nH]c3c1)CN(c1ncc(C(F)(F)F)cc1F)CC2. The number of H-pyrrole nitrogens is 1. The number of aryl methyl sites for hydroxylation is 3. The van der Waals surface area contributed by atoms with E-state index in [1.54, 1.807) is 4.90 Å². The Hall–Kier alpha value is -4.21. The van der Waals surface area contributed by atoms with Crippen LogP contribution in [0, 0.1) is 25.6 Å². The first-order valence-electron chi connectivity index (χ1n) is 14.7. The number of imidazole rings is 1. The summed E-state index contributed by atoms with van der Waals surface area (Å²) in [6, 6.07) is 12.9. The summed E-state index contributed by atoms with van der Waals surface area (Å²) in [5.74, 6) is 0.309. The second-order valence-electron chi connectivity index (χ2n) is 11.6. The second-order valence-corrected chi connectivity index (χ2v) is 11.6. The fourth-order valence-electron chi connectivity index (χ4n) is 5.95. The van der Waals surface area contributed by atoms with Crippen LogP contribution in [0.1, 0.15) is 60.5 Å². The molecule has 0 bridgehead atoms. The molecule has 3 aromatic heterocycles. The highest BCUT2D eigenvalue weighted by atomic mass is 19.4. The van der Waals surface area contributed by atoms with Gasteiger partial charge in [-0.15, -0.1) is 0 Å². The molecule has 0 radical (unpaired) electrons.